The highest BCUT2D eigenvalue weighted by molar-refractivity contribution is 6.32. The van der Waals surface area contributed by atoms with Crippen LogP contribution in [0.4, 0.5) is 0 Å². The molecule has 0 aromatic heterocycles. The molecule has 82 valence electrons. The summed E-state index contributed by atoms with van der Waals surface area (Å²) in [5.41, 5.74) is 1.01. The molecule has 0 unspecified atom stereocenters. The van der Waals surface area contributed by atoms with Gasteiger partial charge in [0.2, 0.25) is 0 Å². The van der Waals surface area contributed by atoms with Crippen molar-refractivity contribution in [3.8, 4) is 0 Å². The fourth-order valence-electron chi connectivity index (χ4n) is 1.08. The van der Waals surface area contributed by atoms with Crippen molar-refractivity contribution in [3.63, 3.8) is 0 Å². The van der Waals surface area contributed by atoms with Crippen molar-refractivity contribution in [3.05, 3.63) is 40.9 Å². The fraction of sp³-hybridized carbons (Fsp3) is 0.333. The van der Waals surface area contributed by atoms with Crippen LogP contribution in [0, 0.1) is 0 Å². The Kier molecular flexibility index (Phi) is 6.09. The third kappa shape index (κ3) is 4.98. The van der Waals surface area contributed by atoms with E-state index in [0.29, 0.717) is 19.8 Å². The highest BCUT2D eigenvalue weighted by atomic mass is 35.5. The van der Waals surface area contributed by atoms with Crippen LogP contribution in [-0.4, -0.2) is 26.9 Å². The first kappa shape index (κ1) is 12.2. The molecule has 0 aliphatic rings. The zero-order chi connectivity index (χ0) is 10.9. The molecule has 0 radical (unpaired) electrons. The van der Waals surface area contributed by atoms with E-state index < -0.39 is 0 Å². The first-order valence-electron chi connectivity index (χ1n) is 4.82. The standard InChI is InChI=1S/C12H15ClO2/c1-14-9-10-15-8-4-6-11-5-2-3-7-12(11)13/h2-7H,8-10H2,1H3/b6-4+. The van der Waals surface area contributed by atoms with Gasteiger partial charge >= 0.3 is 0 Å². The molecule has 0 fully saturated rings. The molecule has 0 atom stereocenters. The van der Waals surface area contributed by atoms with Gasteiger partial charge in [-0.25, -0.2) is 0 Å². The van der Waals surface area contributed by atoms with Gasteiger partial charge in [0, 0.05) is 12.1 Å². The number of hydrogen-bond acceptors (Lipinski definition) is 2. The lowest BCUT2D eigenvalue weighted by molar-refractivity contribution is 0.0855. The van der Waals surface area contributed by atoms with Crippen LogP contribution in [0.3, 0.4) is 0 Å². The lowest BCUT2D eigenvalue weighted by Crippen LogP contribution is -2.01. The maximum atomic E-state index is 5.97. The molecule has 0 aliphatic heterocycles. The molecule has 2 nitrogen and oxygen atoms in total. The Morgan fingerprint density at radius 3 is 2.80 bits per heavy atom. The maximum Gasteiger partial charge on any atom is 0.0704 e. The van der Waals surface area contributed by atoms with E-state index in [1.165, 1.54) is 0 Å². The zero-order valence-corrected chi connectivity index (χ0v) is 9.54. The molecule has 0 amide bonds. The average molecular weight is 227 g/mol. The molecule has 0 saturated carbocycles. The summed E-state index contributed by atoms with van der Waals surface area (Å²) >= 11 is 5.97. The second kappa shape index (κ2) is 7.46. The van der Waals surface area contributed by atoms with Crippen LogP contribution in [0.25, 0.3) is 6.08 Å². The van der Waals surface area contributed by atoms with Gasteiger partial charge in [-0.15, -0.1) is 0 Å². The van der Waals surface area contributed by atoms with E-state index in [1.807, 2.05) is 36.4 Å². The first-order chi connectivity index (χ1) is 7.34. The summed E-state index contributed by atoms with van der Waals surface area (Å²) in [6.07, 6.45) is 3.89. The fourth-order valence-corrected chi connectivity index (χ4v) is 1.28. The van der Waals surface area contributed by atoms with Crippen LogP contribution in [-0.2, 0) is 9.47 Å². The van der Waals surface area contributed by atoms with Crippen LogP contribution in [0.2, 0.25) is 5.02 Å². The molecular weight excluding hydrogens is 212 g/mol. The van der Waals surface area contributed by atoms with Crippen LogP contribution < -0.4 is 0 Å². The molecule has 0 saturated heterocycles. The molecule has 0 bridgehead atoms. The lowest BCUT2D eigenvalue weighted by Gasteiger charge is -1.99. The van der Waals surface area contributed by atoms with Crippen LogP contribution in [0.1, 0.15) is 5.56 Å². The molecule has 0 aliphatic carbocycles. The summed E-state index contributed by atoms with van der Waals surface area (Å²) in [5, 5.41) is 0.755. The van der Waals surface area contributed by atoms with E-state index in [4.69, 9.17) is 21.1 Å². The molecule has 3 heteroatoms. The quantitative estimate of drug-likeness (QED) is 0.695. The largest absolute Gasteiger partial charge is 0.382 e. The van der Waals surface area contributed by atoms with Crippen molar-refractivity contribution < 1.29 is 9.47 Å². The van der Waals surface area contributed by atoms with E-state index >= 15 is 0 Å². The van der Waals surface area contributed by atoms with Crippen molar-refractivity contribution in [1.82, 2.24) is 0 Å². The number of benzene rings is 1. The molecular formula is C12H15ClO2. The topological polar surface area (TPSA) is 18.5 Å². The van der Waals surface area contributed by atoms with Gasteiger partial charge in [0.25, 0.3) is 0 Å². The number of rotatable bonds is 6. The van der Waals surface area contributed by atoms with Crippen molar-refractivity contribution in [2.45, 2.75) is 0 Å². The van der Waals surface area contributed by atoms with Gasteiger partial charge in [-0.2, -0.15) is 0 Å². The highest BCUT2D eigenvalue weighted by Crippen LogP contribution is 2.15. The Labute approximate surface area is 95.5 Å². The minimum absolute atomic E-state index is 0.578. The summed E-state index contributed by atoms with van der Waals surface area (Å²) in [7, 11) is 1.66. The average Bonchev–Trinajstić information content (AvgIpc) is 2.25. The van der Waals surface area contributed by atoms with Crippen molar-refractivity contribution in [1.29, 1.82) is 0 Å². The van der Waals surface area contributed by atoms with E-state index in [1.54, 1.807) is 7.11 Å². The van der Waals surface area contributed by atoms with E-state index in [9.17, 15) is 0 Å². The van der Waals surface area contributed by atoms with Gasteiger partial charge in [0.1, 0.15) is 0 Å². The smallest absolute Gasteiger partial charge is 0.0704 e. The first-order valence-corrected chi connectivity index (χ1v) is 5.20. The monoisotopic (exact) mass is 226 g/mol. The molecule has 0 N–H and O–H groups in total. The second-order valence-corrected chi connectivity index (χ2v) is 3.40. The van der Waals surface area contributed by atoms with E-state index in [0.717, 1.165) is 10.6 Å². The number of methoxy groups -OCH3 is 1. The van der Waals surface area contributed by atoms with Crippen molar-refractivity contribution in [2.75, 3.05) is 26.9 Å². The lowest BCUT2D eigenvalue weighted by atomic mass is 10.2. The third-order valence-electron chi connectivity index (χ3n) is 1.85. The second-order valence-electron chi connectivity index (χ2n) is 2.99. The SMILES string of the molecule is COCCOC/C=C/c1ccccc1Cl. The minimum Gasteiger partial charge on any atom is -0.382 e. The van der Waals surface area contributed by atoms with Crippen LogP contribution in [0.15, 0.2) is 30.3 Å². The Morgan fingerprint density at radius 2 is 2.07 bits per heavy atom. The van der Waals surface area contributed by atoms with Crippen LogP contribution in [0.5, 0.6) is 0 Å². The Morgan fingerprint density at radius 1 is 1.27 bits per heavy atom. The van der Waals surface area contributed by atoms with Gasteiger partial charge in [0.05, 0.1) is 19.8 Å². The summed E-state index contributed by atoms with van der Waals surface area (Å²) < 4.78 is 10.1. The third-order valence-corrected chi connectivity index (χ3v) is 2.19. The molecule has 0 spiro atoms. The zero-order valence-electron chi connectivity index (χ0n) is 8.78. The van der Waals surface area contributed by atoms with Gasteiger partial charge in [0.15, 0.2) is 0 Å². The molecule has 1 rings (SSSR count). The maximum absolute atomic E-state index is 5.97. The van der Waals surface area contributed by atoms with E-state index in [-0.39, 0.29) is 0 Å². The highest BCUT2D eigenvalue weighted by Gasteiger charge is 1.92. The predicted octanol–water partition coefficient (Wildman–Crippen LogP) is 3.02. The van der Waals surface area contributed by atoms with Gasteiger partial charge in [-0.1, -0.05) is 42.0 Å². The summed E-state index contributed by atoms with van der Waals surface area (Å²) in [4.78, 5) is 0. The molecule has 1 aromatic rings. The Balaban J connectivity index is 2.29. The van der Waals surface area contributed by atoms with Crippen LogP contribution >= 0.6 is 11.6 Å². The normalized spacial score (nSPS) is 11.1. The summed E-state index contributed by atoms with van der Waals surface area (Å²) in [5.74, 6) is 0. The van der Waals surface area contributed by atoms with Gasteiger partial charge < -0.3 is 9.47 Å². The summed E-state index contributed by atoms with van der Waals surface area (Å²) in [6.45, 7) is 1.82. The Bertz CT molecular complexity index is 310. The van der Waals surface area contributed by atoms with Gasteiger partial charge in [-0.3, -0.25) is 0 Å². The summed E-state index contributed by atoms with van der Waals surface area (Å²) in [6, 6.07) is 7.70. The van der Waals surface area contributed by atoms with E-state index in [2.05, 4.69) is 0 Å². The predicted molar refractivity (Wildman–Crippen MR) is 63.2 cm³/mol. The molecule has 1 aromatic carbocycles. The Hall–Kier alpha value is -0.830. The van der Waals surface area contributed by atoms with Crippen molar-refractivity contribution >= 4 is 17.7 Å². The number of ether oxygens (including phenoxy) is 2. The number of hydrogen-bond donors (Lipinski definition) is 0. The number of halogens is 1. The minimum atomic E-state index is 0.578. The molecule has 15 heavy (non-hydrogen) atoms. The molecule has 0 heterocycles. The van der Waals surface area contributed by atoms with Crippen molar-refractivity contribution in [2.24, 2.45) is 0 Å². The van der Waals surface area contributed by atoms with Gasteiger partial charge in [-0.05, 0) is 11.6 Å².